The number of rotatable bonds is 3. The first-order valence-corrected chi connectivity index (χ1v) is 5.24. The van der Waals surface area contributed by atoms with Gasteiger partial charge >= 0.3 is 0 Å². The molecule has 1 aromatic heterocycles. The van der Waals surface area contributed by atoms with Crippen LogP contribution in [0, 0.1) is 0 Å². The quantitative estimate of drug-likeness (QED) is 0.757. The zero-order valence-electron chi connectivity index (χ0n) is 7.41. The third kappa shape index (κ3) is 2.38. The Balaban J connectivity index is 2.70. The first-order valence-electron chi connectivity index (χ1n) is 3.63. The van der Waals surface area contributed by atoms with Gasteiger partial charge in [0.05, 0.1) is 0 Å². The monoisotopic (exact) mass is 205 g/mol. The van der Waals surface area contributed by atoms with E-state index in [2.05, 4.69) is 30.3 Å². The number of thioether (sulfide) groups is 1. The van der Waals surface area contributed by atoms with Crippen molar-refractivity contribution in [3.63, 3.8) is 0 Å². The van der Waals surface area contributed by atoms with E-state index in [4.69, 9.17) is 11.6 Å². The molecule has 0 aliphatic rings. The average molecular weight is 206 g/mol. The van der Waals surface area contributed by atoms with Crippen molar-refractivity contribution in [2.45, 2.75) is 25.1 Å². The van der Waals surface area contributed by atoms with Gasteiger partial charge in [-0.1, -0.05) is 0 Å². The first kappa shape index (κ1) is 9.86. The lowest BCUT2D eigenvalue weighted by atomic mass is 10.2. The van der Waals surface area contributed by atoms with E-state index >= 15 is 0 Å². The van der Waals surface area contributed by atoms with E-state index in [9.17, 15) is 0 Å². The lowest BCUT2D eigenvalue weighted by Crippen LogP contribution is -2.22. The highest BCUT2D eigenvalue weighted by Gasteiger charge is 2.17. The summed E-state index contributed by atoms with van der Waals surface area (Å²) < 4.78 is 2.02. The highest BCUT2D eigenvalue weighted by atomic mass is 35.5. The van der Waals surface area contributed by atoms with Gasteiger partial charge in [-0.15, -0.1) is 10.2 Å². The Bertz CT molecular complexity index is 259. The molecule has 0 bridgehead atoms. The number of hydrogen-bond acceptors (Lipinski definition) is 3. The summed E-state index contributed by atoms with van der Waals surface area (Å²) in [6.07, 6.45) is 3.73. The molecule has 0 atom stereocenters. The van der Waals surface area contributed by atoms with Crippen LogP contribution in [0.3, 0.4) is 0 Å². The molecule has 0 aliphatic heterocycles. The van der Waals surface area contributed by atoms with E-state index in [0.717, 1.165) is 6.54 Å². The van der Waals surface area contributed by atoms with Crippen molar-refractivity contribution in [1.29, 1.82) is 0 Å². The van der Waals surface area contributed by atoms with Crippen molar-refractivity contribution in [3.05, 3.63) is 11.6 Å². The lowest BCUT2D eigenvalue weighted by molar-refractivity contribution is 0.567. The predicted molar refractivity (Wildman–Crippen MR) is 52.6 cm³/mol. The van der Waals surface area contributed by atoms with Gasteiger partial charge in [-0.3, -0.25) is 0 Å². The molecule has 0 amide bonds. The molecule has 0 aliphatic carbocycles. The predicted octanol–water partition coefficient (Wildman–Crippen LogP) is 2.07. The summed E-state index contributed by atoms with van der Waals surface area (Å²) in [5.74, 6) is 0. The standard InChI is InChI=1S/C7H12ClN3S/c1-7(2,12-3)4-11-5-9-10-6(11)8/h5H,4H2,1-3H3. The zero-order valence-corrected chi connectivity index (χ0v) is 8.98. The van der Waals surface area contributed by atoms with E-state index in [-0.39, 0.29) is 4.75 Å². The van der Waals surface area contributed by atoms with Crippen LogP contribution in [0.25, 0.3) is 0 Å². The summed E-state index contributed by atoms with van der Waals surface area (Å²) in [7, 11) is 0. The zero-order chi connectivity index (χ0) is 9.19. The SMILES string of the molecule is CSC(C)(C)Cn1cnnc1Cl. The Morgan fingerprint density at radius 1 is 1.67 bits per heavy atom. The largest absolute Gasteiger partial charge is 0.303 e. The topological polar surface area (TPSA) is 30.7 Å². The van der Waals surface area contributed by atoms with Gasteiger partial charge in [-0.25, -0.2) is 0 Å². The molecule has 0 radical (unpaired) electrons. The summed E-state index contributed by atoms with van der Waals surface area (Å²) in [6, 6.07) is 0. The minimum atomic E-state index is 0.173. The molecular weight excluding hydrogens is 194 g/mol. The van der Waals surface area contributed by atoms with Gasteiger partial charge in [0.25, 0.3) is 0 Å². The molecule has 12 heavy (non-hydrogen) atoms. The second kappa shape index (κ2) is 3.66. The molecule has 0 saturated carbocycles. The maximum atomic E-state index is 5.78. The Hall–Kier alpha value is -0.220. The van der Waals surface area contributed by atoms with E-state index in [1.54, 1.807) is 18.1 Å². The first-order chi connectivity index (χ1) is 5.55. The number of aromatic nitrogens is 3. The van der Waals surface area contributed by atoms with Crippen molar-refractivity contribution in [3.8, 4) is 0 Å². The highest BCUT2D eigenvalue weighted by molar-refractivity contribution is 7.99. The van der Waals surface area contributed by atoms with E-state index in [1.165, 1.54) is 0 Å². The molecule has 0 spiro atoms. The molecule has 68 valence electrons. The van der Waals surface area contributed by atoms with E-state index in [0.29, 0.717) is 5.28 Å². The fourth-order valence-corrected chi connectivity index (χ4v) is 1.24. The molecule has 1 rings (SSSR count). The number of hydrogen-bond donors (Lipinski definition) is 0. The van der Waals surface area contributed by atoms with Crippen LogP contribution < -0.4 is 0 Å². The van der Waals surface area contributed by atoms with Gasteiger partial charge in [0.15, 0.2) is 0 Å². The third-order valence-corrected chi connectivity index (χ3v) is 3.20. The second-order valence-corrected chi connectivity index (χ2v) is 5.04. The van der Waals surface area contributed by atoms with Crippen molar-refractivity contribution >= 4 is 23.4 Å². The minimum Gasteiger partial charge on any atom is -0.303 e. The molecule has 0 aromatic carbocycles. The fraction of sp³-hybridized carbons (Fsp3) is 0.714. The summed E-state index contributed by atoms with van der Waals surface area (Å²) >= 11 is 7.58. The van der Waals surface area contributed by atoms with Gasteiger partial charge in [0.2, 0.25) is 5.28 Å². The van der Waals surface area contributed by atoms with Crippen LogP contribution in [0.5, 0.6) is 0 Å². The van der Waals surface area contributed by atoms with Crippen LogP contribution in [0.1, 0.15) is 13.8 Å². The van der Waals surface area contributed by atoms with E-state index in [1.807, 2.05) is 4.57 Å². The highest BCUT2D eigenvalue weighted by Crippen LogP contribution is 2.24. The summed E-state index contributed by atoms with van der Waals surface area (Å²) in [5, 5.41) is 7.87. The van der Waals surface area contributed by atoms with Gasteiger partial charge in [0, 0.05) is 11.3 Å². The summed E-state index contributed by atoms with van der Waals surface area (Å²) in [4.78, 5) is 0. The summed E-state index contributed by atoms with van der Waals surface area (Å²) in [6.45, 7) is 5.15. The average Bonchev–Trinajstić information content (AvgIpc) is 2.36. The maximum absolute atomic E-state index is 5.78. The molecule has 3 nitrogen and oxygen atoms in total. The molecule has 1 aromatic rings. The van der Waals surface area contributed by atoms with Gasteiger partial charge in [0.1, 0.15) is 6.33 Å². The van der Waals surface area contributed by atoms with Gasteiger partial charge in [-0.05, 0) is 31.7 Å². The molecule has 0 unspecified atom stereocenters. The molecule has 0 fully saturated rings. The fourth-order valence-electron chi connectivity index (χ4n) is 0.822. The van der Waals surface area contributed by atoms with Crippen molar-refractivity contribution < 1.29 is 0 Å². The molecular formula is C7H12ClN3S. The van der Waals surface area contributed by atoms with Crippen LogP contribution in [0.4, 0.5) is 0 Å². The molecule has 0 N–H and O–H groups in total. The molecule has 1 heterocycles. The van der Waals surface area contributed by atoms with Gasteiger partial charge < -0.3 is 4.57 Å². The Labute approximate surface area is 81.5 Å². The second-order valence-electron chi connectivity index (χ2n) is 3.19. The van der Waals surface area contributed by atoms with Crippen LogP contribution in [-0.4, -0.2) is 25.8 Å². The Morgan fingerprint density at radius 3 is 2.75 bits per heavy atom. The maximum Gasteiger partial charge on any atom is 0.224 e. The van der Waals surface area contributed by atoms with Gasteiger partial charge in [-0.2, -0.15) is 11.8 Å². The number of halogens is 1. The van der Waals surface area contributed by atoms with Crippen molar-refractivity contribution in [2.24, 2.45) is 0 Å². The Morgan fingerprint density at radius 2 is 2.33 bits per heavy atom. The number of nitrogens with zero attached hydrogens (tertiary/aromatic N) is 3. The smallest absolute Gasteiger partial charge is 0.224 e. The molecule has 5 heteroatoms. The van der Waals surface area contributed by atoms with E-state index < -0.39 is 0 Å². The molecule has 0 saturated heterocycles. The summed E-state index contributed by atoms with van der Waals surface area (Å²) in [5.41, 5.74) is 0. The normalized spacial score (nSPS) is 12.0. The van der Waals surface area contributed by atoms with Crippen molar-refractivity contribution in [2.75, 3.05) is 6.26 Å². The van der Waals surface area contributed by atoms with Crippen LogP contribution in [0.15, 0.2) is 6.33 Å². The third-order valence-electron chi connectivity index (χ3n) is 1.67. The lowest BCUT2D eigenvalue weighted by Gasteiger charge is -2.21. The van der Waals surface area contributed by atoms with Crippen LogP contribution in [-0.2, 0) is 6.54 Å². The van der Waals surface area contributed by atoms with Crippen molar-refractivity contribution in [1.82, 2.24) is 14.8 Å². The van der Waals surface area contributed by atoms with Crippen LogP contribution >= 0.6 is 23.4 Å². The van der Waals surface area contributed by atoms with Crippen LogP contribution in [0.2, 0.25) is 5.28 Å². The minimum absolute atomic E-state index is 0.173. The Kier molecular flexibility index (Phi) is 3.01.